The first-order valence-corrected chi connectivity index (χ1v) is 6.55. The first kappa shape index (κ1) is 13.6. The molecule has 1 heterocycles. The van der Waals surface area contributed by atoms with Crippen molar-refractivity contribution in [2.24, 2.45) is 0 Å². The van der Waals surface area contributed by atoms with Gasteiger partial charge in [-0.3, -0.25) is 0 Å². The highest BCUT2D eigenvalue weighted by Crippen LogP contribution is 2.08. The molecule has 4 nitrogen and oxygen atoms in total. The number of carbonyl (C=O) groups is 1. The number of nitrogens with zero attached hydrogens (tertiary/aromatic N) is 1. The van der Waals surface area contributed by atoms with Crippen LogP contribution in [-0.2, 0) is 11.3 Å². The molecule has 1 aliphatic heterocycles. The maximum absolute atomic E-state index is 11.6. The molecule has 4 heteroatoms. The van der Waals surface area contributed by atoms with E-state index in [-0.39, 0.29) is 6.09 Å². The highest BCUT2D eigenvalue weighted by molar-refractivity contribution is 5.67. The molecule has 0 atom stereocenters. The lowest BCUT2D eigenvalue weighted by atomic mass is 10.1. The van der Waals surface area contributed by atoms with Gasteiger partial charge in [0.25, 0.3) is 0 Å². The standard InChI is InChI=1S/C15H20N2O2/c1-17-9-7-13(8-10-17)11-16-15(18)19-12-14-5-3-2-4-6-14/h2-7H,8-12H2,1H3,(H,16,18). The van der Waals surface area contributed by atoms with Crippen molar-refractivity contribution in [2.75, 3.05) is 26.7 Å². The summed E-state index contributed by atoms with van der Waals surface area (Å²) in [7, 11) is 2.09. The summed E-state index contributed by atoms with van der Waals surface area (Å²) >= 11 is 0. The Labute approximate surface area is 114 Å². The van der Waals surface area contributed by atoms with Crippen LogP contribution in [0, 0.1) is 0 Å². The summed E-state index contributed by atoms with van der Waals surface area (Å²) in [5.41, 5.74) is 2.27. The normalized spacial score (nSPS) is 15.7. The Bertz CT molecular complexity index is 443. The minimum Gasteiger partial charge on any atom is -0.445 e. The third kappa shape index (κ3) is 4.75. The van der Waals surface area contributed by atoms with Crippen LogP contribution in [0.25, 0.3) is 0 Å². The molecule has 1 aromatic rings. The Hall–Kier alpha value is -1.81. The van der Waals surface area contributed by atoms with Gasteiger partial charge in [0, 0.05) is 19.6 Å². The number of benzene rings is 1. The van der Waals surface area contributed by atoms with Gasteiger partial charge in [-0.1, -0.05) is 42.0 Å². The summed E-state index contributed by atoms with van der Waals surface area (Å²) < 4.78 is 5.15. The first-order valence-electron chi connectivity index (χ1n) is 6.55. The van der Waals surface area contributed by atoms with Crippen LogP contribution in [0.1, 0.15) is 12.0 Å². The quantitative estimate of drug-likeness (QED) is 0.844. The molecule has 1 aromatic carbocycles. The third-order valence-electron chi connectivity index (χ3n) is 3.18. The highest BCUT2D eigenvalue weighted by atomic mass is 16.5. The Morgan fingerprint density at radius 1 is 1.37 bits per heavy atom. The molecule has 0 aromatic heterocycles. The fraction of sp³-hybridized carbons (Fsp3) is 0.400. The molecule has 0 saturated carbocycles. The fourth-order valence-corrected chi connectivity index (χ4v) is 1.93. The smallest absolute Gasteiger partial charge is 0.407 e. The van der Waals surface area contributed by atoms with Crippen molar-refractivity contribution >= 4 is 6.09 Å². The van der Waals surface area contributed by atoms with E-state index >= 15 is 0 Å². The van der Waals surface area contributed by atoms with Crippen molar-refractivity contribution < 1.29 is 9.53 Å². The molecular formula is C15H20N2O2. The zero-order chi connectivity index (χ0) is 13.5. The zero-order valence-electron chi connectivity index (χ0n) is 11.3. The number of alkyl carbamates (subject to hydrolysis) is 1. The third-order valence-corrected chi connectivity index (χ3v) is 3.18. The second-order valence-electron chi connectivity index (χ2n) is 4.79. The molecule has 0 spiro atoms. The molecule has 1 amide bonds. The maximum atomic E-state index is 11.6. The molecule has 102 valence electrons. The van der Waals surface area contributed by atoms with Crippen LogP contribution in [0.5, 0.6) is 0 Å². The number of amides is 1. The van der Waals surface area contributed by atoms with Crippen molar-refractivity contribution in [1.29, 1.82) is 0 Å². The zero-order valence-corrected chi connectivity index (χ0v) is 11.3. The summed E-state index contributed by atoms with van der Waals surface area (Å²) in [4.78, 5) is 13.8. The van der Waals surface area contributed by atoms with Gasteiger partial charge < -0.3 is 15.0 Å². The van der Waals surface area contributed by atoms with Crippen LogP contribution in [0.3, 0.4) is 0 Å². The van der Waals surface area contributed by atoms with E-state index in [0.717, 1.165) is 25.1 Å². The van der Waals surface area contributed by atoms with Gasteiger partial charge in [-0.2, -0.15) is 0 Å². The lowest BCUT2D eigenvalue weighted by molar-refractivity contribution is 0.140. The number of likely N-dealkylation sites (N-methyl/N-ethyl adjacent to an activating group) is 1. The summed E-state index contributed by atoms with van der Waals surface area (Å²) in [6.07, 6.45) is 2.82. The van der Waals surface area contributed by atoms with Gasteiger partial charge >= 0.3 is 6.09 Å². The second-order valence-corrected chi connectivity index (χ2v) is 4.79. The van der Waals surface area contributed by atoms with Crippen molar-refractivity contribution in [3.63, 3.8) is 0 Å². The van der Waals surface area contributed by atoms with Gasteiger partial charge in [-0.15, -0.1) is 0 Å². The summed E-state index contributed by atoms with van der Waals surface area (Å²) in [5.74, 6) is 0. The van der Waals surface area contributed by atoms with Gasteiger partial charge in [0.15, 0.2) is 0 Å². The Balaban J connectivity index is 1.68. The first-order chi connectivity index (χ1) is 9.24. The highest BCUT2D eigenvalue weighted by Gasteiger charge is 2.09. The largest absolute Gasteiger partial charge is 0.445 e. The number of hydrogen-bond acceptors (Lipinski definition) is 3. The molecule has 0 aliphatic carbocycles. The van der Waals surface area contributed by atoms with Crippen LogP contribution < -0.4 is 5.32 Å². The number of ether oxygens (including phenoxy) is 1. The Morgan fingerprint density at radius 2 is 2.16 bits per heavy atom. The molecule has 0 radical (unpaired) electrons. The Morgan fingerprint density at radius 3 is 2.84 bits per heavy atom. The topological polar surface area (TPSA) is 41.6 Å². The van der Waals surface area contributed by atoms with Crippen molar-refractivity contribution in [3.05, 3.63) is 47.5 Å². The van der Waals surface area contributed by atoms with E-state index in [1.54, 1.807) is 0 Å². The van der Waals surface area contributed by atoms with Gasteiger partial charge in [0.1, 0.15) is 6.61 Å². The van der Waals surface area contributed by atoms with Gasteiger partial charge in [-0.05, 0) is 19.0 Å². The molecule has 19 heavy (non-hydrogen) atoms. The minimum atomic E-state index is -0.358. The van der Waals surface area contributed by atoms with Crippen molar-refractivity contribution in [1.82, 2.24) is 10.2 Å². The van der Waals surface area contributed by atoms with Gasteiger partial charge in [0.05, 0.1) is 0 Å². The lowest BCUT2D eigenvalue weighted by Crippen LogP contribution is -2.30. The average molecular weight is 260 g/mol. The van der Waals surface area contributed by atoms with E-state index in [1.165, 1.54) is 5.57 Å². The predicted molar refractivity (Wildman–Crippen MR) is 74.8 cm³/mol. The van der Waals surface area contributed by atoms with Gasteiger partial charge in [-0.25, -0.2) is 4.79 Å². The average Bonchev–Trinajstić information content (AvgIpc) is 2.45. The van der Waals surface area contributed by atoms with E-state index in [1.807, 2.05) is 30.3 Å². The van der Waals surface area contributed by atoms with E-state index < -0.39 is 0 Å². The summed E-state index contributed by atoms with van der Waals surface area (Å²) in [6.45, 7) is 2.90. The van der Waals surface area contributed by atoms with Crippen LogP contribution in [0.4, 0.5) is 4.79 Å². The molecular weight excluding hydrogens is 240 g/mol. The van der Waals surface area contributed by atoms with E-state index in [9.17, 15) is 4.79 Å². The molecule has 2 rings (SSSR count). The predicted octanol–water partition coefficient (Wildman–Crippen LogP) is 2.17. The number of carbonyl (C=O) groups excluding carboxylic acids is 1. The van der Waals surface area contributed by atoms with Crippen LogP contribution in [-0.4, -0.2) is 37.7 Å². The van der Waals surface area contributed by atoms with E-state index in [4.69, 9.17) is 4.74 Å². The van der Waals surface area contributed by atoms with Crippen LogP contribution >= 0.6 is 0 Å². The number of hydrogen-bond donors (Lipinski definition) is 1. The molecule has 1 N–H and O–H groups in total. The molecule has 1 aliphatic rings. The lowest BCUT2D eigenvalue weighted by Gasteiger charge is -2.21. The van der Waals surface area contributed by atoms with E-state index in [0.29, 0.717) is 13.2 Å². The monoisotopic (exact) mass is 260 g/mol. The molecule has 0 saturated heterocycles. The molecule has 0 bridgehead atoms. The summed E-state index contributed by atoms with van der Waals surface area (Å²) in [6, 6.07) is 9.68. The summed E-state index contributed by atoms with van der Waals surface area (Å²) in [5, 5.41) is 2.79. The van der Waals surface area contributed by atoms with Gasteiger partial charge in [0.2, 0.25) is 0 Å². The van der Waals surface area contributed by atoms with Crippen LogP contribution in [0.15, 0.2) is 42.0 Å². The number of nitrogens with one attached hydrogen (secondary N) is 1. The number of rotatable bonds is 4. The molecule has 0 unspecified atom stereocenters. The van der Waals surface area contributed by atoms with Crippen LogP contribution in [0.2, 0.25) is 0 Å². The second kappa shape index (κ2) is 6.95. The Kier molecular flexibility index (Phi) is 4.98. The van der Waals surface area contributed by atoms with Crippen molar-refractivity contribution in [2.45, 2.75) is 13.0 Å². The van der Waals surface area contributed by atoms with E-state index in [2.05, 4.69) is 23.3 Å². The fourth-order valence-electron chi connectivity index (χ4n) is 1.93. The van der Waals surface area contributed by atoms with Crippen molar-refractivity contribution in [3.8, 4) is 0 Å². The SMILES string of the molecule is CN1CC=C(CNC(=O)OCc2ccccc2)CC1. The minimum absolute atomic E-state index is 0.314. The maximum Gasteiger partial charge on any atom is 0.407 e. The molecule has 0 fully saturated rings.